The number of hydrogen-bond donors (Lipinski definition) is 1. The van der Waals surface area contributed by atoms with E-state index < -0.39 is 0 Å². The molecule has 0 spiro atoms. The molecule has 2 unspecified atom stereocenters. The van der Waals surface area contributed by atoms with Gasteiger partial charge in [0.15, 0.2) is 0 Å². The number of allylic oxidation sites excluding steroid dienone is 2. The van der Waals surface area contributed by atoms with Crippen molar-refractivity contribution in [3.05, 3.63) is 11.8 Å². The molecule has 2 atom stereocenters. The number of rotatable bonds is 7. The summed E-state index contributed by atoms with van der Waals surface area (Å²) in [5, 5.41) is 4.31. The van der Waals surface area contributed by atoms with Crippen LogP contribution in [-0.2, 0) is 0 Å². The molecule has 0 aromatic rings. The second kappa shape index (κ2) is 6.58. The lowest BCUT2D eigenvalue weighted by Gasteiger charge is -2.12. The Morgan fingerprint density at radius 1 is 1.38 bits per heavy atom. The highest BCUT2D eigenvalue weighted by molar-refractivity contribution is 7.99. The molecule has 1 aliphatic rings. The first kappa shape index (κ1) is 14.0. The fraction of sp³-hybridized carbons (Fsp3) is 0.857. The smallest absolute Gasteiger partial charge is 0.0610 e. The molecule has 0 heterocycles. The van der Waals surface area contributed by atoms with Gasteiger partial charge in [0.05, 0.1) is 5.88 Å². The normalized spacial score (nSPS) is 25.3. The van der Waals surface area contributed by atoms with E-state index in [-0.39, 0.29) is 0 Å². The van der Waals surface area contributed by atoms with Crippen molar-refractivity contribution in [2.24, 2.45) is 17.8 Å². The van der Waals surface area contributed by atoms with Gasteiger partial charge in [0, 0.05) is 16.9 Å². The van der Waals surface area contributed by atoms with Crippen LogP contribution in [-0.4, -0.2) is 11.1 Å². The van der Waals surface area contributed by atoms with Gasteiger partial charge >= 0.3 is 0 Å². The maximum absolute atomic E-state index is 3.59. The zero-order chi connectivity index (χ0) is 12.1. The Hall–Kier alpha value is -0.110. The van der Waals surface area contributed by atoms with Crippen molar-refractivity contribution < 1.29 is 0 Å². The molecule has 0 amide bonds. The average Bonchev–Trinajstić information content (AvgIpc) is 2.90. The summed E-state index contributed by atoms with van der Waals surface area (Å²) in [6, 6.07) is 0. The Labute approximate surface area is 105 Å². The molecule has 16 heavy (non-hydrogen) atoms. The first-order valence-electron chi connectivity index (χ1n) is 6.56. The summed E-state index contributed by atoms with van der Waals surface area (Å²) in [4.78, 5) is 0. The molecular weight excluding hydrogens is 214 g/mol. The predicted octanol–water partition coefficient (Wildman–Crippen LogP) is 4.26. The zero-order valence-electron chi connectivity index (χ0n) is 11.4. The average molecular weight is 241 g/mol. The van der Waals surface area contributed by atoms with E-state index in [4.69, 9.17) is 0 Å². The van der Waals surface area contributed by atoms with Crippen LogP contribution in [0, 0.1) is 17.8 Å². The minimum Gasteiger partial charge on any atom is -0.379 e. The first-order chi connectivity index (χ1) is 7.54. The van der Waals surface area contributed by atoms with E-state index in [0.717, 1.165) is 28.9 Å². The zero-order valence-corrected chi connectivity index (χ0v) is 12.2. The van der Waals surface area contributed by atoms with E-state index in [2.05, 4.69) is 46.0 Å². The van der Waals surface area contributed by atoms with E-state index in [1.165, 1.54) is 18.5 Å². The van der Waals surface area contributed by atoms with Crippen molar-refractivity contribution in [2.45, 2.75) is 52.7 Å². The number of nitrogens with one attached hydrogen (secondary N) is 1. The monoisotopic (exact) mass is 241 g/mol. The highest BCUT2D eigenvalue weighted by Gasteiger charge is 2.39. The van der Waals surface area contributed by atoms with Gasteiger partial charge in [-0.2, -0.15) is 0 Å². The minimum absolute atomic E-state index is 0.719. The topological polar surface area (TPSA) is 12.0 Å². The van der Waals surface area contributed by atoms with Crippen molar-refractivity contribution >= 4 is 11.8 Å². The molecule has 0 saturated heterocycles. The van der Waals surface area contributed by atoms with Gasteiger partial charge < -0.3 is 5.32 Å². The standard InChI is InChI=1S/C14H27NS/c1-6-14(15-9-16-11(4)5)13-8-12(13)7-10(2)3/h6,10-13,15H,7-9H2,1-5H3/b14-6-. The molecule has 1 fully saturated rings. The minimum atomic E-state index is 0.719. The van der Waals surface area contributed by atoms with E-state index in [1.807, 2.05) is 11.8 Å². The number of thioether (sulfide) groups is 1. The van der Waals surface area contributed by atoms with E-state index in [0.29, 0.717) is 0 Å². The summed E-state index contributed by atoms with van der Waals surface area (Å²) in [7, 11) is 0. The number of hydrogen-bond acceptors (Lipinski definition) is 2. The maximum atomic E-state index is 3.59. The Morgan fingerprint density at radius 2 is 2.06 bits per heavy atom. The van der Waals surface area contributed by atoms with Gasteiger partial charge in [0.1, 0.15) is 0 Å². The van der Waals surface area contributed by atoms with Crippen LogP contribution in [0.1, 0.15) is 47.5 Å². The van der Waals surface area contributed by atoms with Crippen molar-refractivity contribution in [2.75, 3.05) is 5.88 Å². The van der Waals surface area contributed by atoms with Crippen molar-refractivity contribution in [3.8, 4) is 0 Å². The fourth-order valence-corrected chi connectivity index (χ4v) is 2.82. The molecular formula is C14H27NS. The van der Waals surface area contributed by atoms with Crippen molar-refractivity contribution in [1.82, 2.24) is 5.32 Å². The highest BCUT2D eigenvalue weighted by Crippen LogP contribution is 2.47. The second-order valence-corrected chi connectivity index (χ2v) is 7.08. The molecule has 1 rings (SSSR count). The van der Waals surface area contributed by atoms with E-state index in [9.17, 15) is 0 Å². The Morgan fingerprint density at radius 3 is 2.56 bits per heavy atom. The third-order valence-corrected chi connectivity index (χ3v) is 4.08. The van der Waals surface area contributed by atoms with Crippen molar-refractivity contribution in [3.63, 3.8) is 0 Å². The van der Waals surface area contributed by atoms with Gasteiger partial charge in [-0.25, -0.2) is 0 Å². The van der Waals surface area contributed by atoms with Crippen LogP contribution in [0.5, 0.6) is 0 Å². The van der Waals surface area contributed by atoms with Crippen LogP contribution >= 0.6 is 11.8 Å². The summed E-state index contributed by atoms with van der Waals surface area (Å²) >= 11 is 1.98. The summed E-state index contributed by atoms with van der Waals surface area (Å²) in [6.07, 6.45) is 5.06. The third kappa shape index (κ3) is 4.82. The van der Waals surface area contributed by atoms with Gasteiger partial charge in [-0.05, 0) is 31.6 Å². The molecule has 1 N–H and O–H groups in total. The van der Waals surface area contributed by atoms with Crippen LogP contribution in [0.4, 0.5) is 0 Å². The van der Waals surface area contributed by atoms with Gasteiger partial charge in [-0.15, -0.1) is 11.8 Å². The molecule has 0 radical (unpaired) electrons. The van der Waals surface area contributed by atoms with E-state index >= 15 is 0 Å². The van der Waals surface area contributed by atoms with E-state index in [1.54, 1.807) is 0 Å². The Bertz CT molecular complexity index is 233. The van der Waals surface area contributed by atoms with Crippen molar-refractivity contribution in [1.29, 1.82) is 0 Å². The quantitative estimate of drug-likeness (QED) is 0.668. The van der Waals surface area contributed by atoms with Gasteiger partial charge in [0.25, 0.3) is 0 Å². The molecule has 2 heteroatoms. The van der Waals surface area contributed by atoms with Crippen LogP contribution in [0.15, 0.2) is 11.8 Å². The molecule has 0 aromatic carbocycles. The second-order valence-electron chi connectivity index (χ2n) is 5.51. The highest BCUT2D eigenvalue weighted by atomic mass is 32.2. The van der Waals surface area contributed by atoms with Gasteiger partial charge in [0.2, 0.25) is 0 Å². The summed E-state index contributed by atoms with van der Waals surface area (Å²) in [5.74, 6) is 3.68. The largest absolute Gasteiger partial charge is 0.379 e. The molecule has 1 aliphatic carbocycles. The molecule has 1 saturated carbocycles. The maximum Gasteiger partial charge on any atom is 0.0610 e. The SMILES string of the molecule is C/C=C(\NCSC(C)C)C1CC1CC(C)C. The Kier molecular flexibility index (Phi) is 5.74. The van der Waals surface area contributed by atoms with Gasteiger partial charge in [-0.3, -0.25) is 0 Å². The first-order valence-corrected chi connectivity index (χ1v) is 7.61. The molecule has 1 nitrogen and oxygen atoms in total. The fourth-order valence-electron chi connectivity index (χ4n) is 2.23. The Balaban J connectivity index is 2.24. The van der Waals surface area contributed by atoms with Crippen LogP contribution < -0.4 is 5.32 Å². The van der Waals surface area contributed by atoms with Crippen LogP contribution in [0.3, 0.4) is 0 Å². The third-order valence-electron chi connectivity index (χ3n) is 3.10. The molecule has 0 aliphatic heterocycles. The van der Waals surface area contributed by atoms with Gasteiger partial charge in [-0.1, -0.05) is 33.8 Å². The molecule has 94 valence electrons. The lowest BCUT2D eigenvalue weighted by molar-refractivity contribution is 0.520. The lowest BCUT2D eigenvalue weighted by atomic mass is 10.0. The van der Waals surface area contributed by atoms with Crippen LogP contribution in [0.2, 0.25) is 0 Å². The summed E-state index contributed by atoms with van der Waals surface area (Å²) in [5.41, 5.74) is 1.49. The predicted molar refractivity (Wildman–Crippen MR) is 75.5 cm³/mol. The molecule has 0 bridgehead atoms. The summed E-state index contributed by atoms with van der Waals surface area (Å²) in [6.45, 7) is 11.3. The molecule has 0 aromatic heterocycles. The van der Waals surface area contributed by atoms with Crippen LogP contribution in [0.25, 0.3) is 0 Å². The summed E-state index contributed by atoms with van der Waals surface area (Å²) < 4.78 is 0. The lowest BCUT2D eigenvalue weighted by Crippen LogP contribution is -2.16.